The van der Waals surface area contributed by atoms with Crippen molar-refractivity contribution in [1.82, 2.24) is 14.5 Å². The lowest BCUT2D eigenvalue weighted by molar-refractivity contribution is 0.140. The van der Waals surface area contributed by atoms with Crippen LogP contribution in [0, 0.1) is 13.8 Å². The lowest BCUT2D eigenvalue weighted by atomic mass is 10.0. The molecule has 1 amide bonds. The second-order valence-electron chi connectivity index (χ2n) is 6.82. The van der Waals surface area contributed by atoms with Crippen LogP contribution in [0.3, 0.4) is 0 Å². The standard InChI is InChI=1S/C21H21N3O2/c1-14-3-6-19-17(11-14)18-13-23(21(25)26)9-8-20(18)24(19)10-7-16-5-4-15(2)22-12-16/h3-7,10-12H,8-9,13H2,1-2H3,(H,25,26). The van der Waals surface area contributed by atoms with E-state index >= 15 is 0 Å². The molecular formula is C21H21N3O2. The van der Waals surface area contributed by atoms with E-state index in [1.165, 1.54) is 16.2 Å². The van der Waals surface area contributed by atoms with Crippen LogP contribution < -0.4 is 0 Å². The van der Waals surface area contributed by atoms with Gasteiger partial charge in [0.15, 0.2) is 0 Å². The summed E-state index contributed by atoms with van der Waals surface area (Å²) in [5.41, 5.74) is 6.64. The van der Waals surface area contributed by atoms with Gasteiger partial charge in [-0.15, -0.1) is 0 Å². The summed E-state index contributed by atoms with van der Waals surface area (Å²) in [7, 11) is 0. The Morgan fingerprint density at radius 3 is 2.81 bits per heavy atom. The zero-order valence-corrected chi connectivity index (χ0v) is 14.9. The summed E-state index contributed by atoms with van der Waals surface area (Å²) in [6.07, 6.45) is 5.84. The van der Waals surface area contributed by atoms with Crippen LogP contribution in [0.2, 0.25) is 0 Å². The highest BCUT2D eigenvalue weighted by Crippen LogP contribution is 2.32. The van der Waals surface area contributed by atoms with Crippen molar-refractivity contribution in [2.24, 2.45) is 0 Å². The van der Waals surface area contributed by atoms with Gasteiger partial charge in [0.2, 0.25) is 0 Å². The predicted molar refractivity (Wildman–Crippen MR) is 103 cm³/mol. The fourth-order valence-corrected chi connectivity index (χ4v) is 3.58. The minimum Gasteiger partial charge on any atom is -0.465 e. The van der Waals surface area contributed by atoms with Crippen molar-refractivity contribution in [2.75, 3.05) is 6.54 Å². The number of nitrogens with zero attached hydrogens (tertiary/aromatic N) is 3. The predicted octanol–water partition coefficient (Wildman–Crippen LogP) is 4.32. The molecule has 1 aliphatic heterocycles. The molecule has 2 aromatic heterocycles. The number of carboxylic acid groups (broad SMARTS) is 1. The first-order valence-corrected chi connectivity index (χ1v) is 8.74. The monoisotopic (exact) mass is 347 g/mol. The van der Waals surface area contributed by atoms with Crippen molar-refractivity contribution < 1.29 is 9.90 Å². The zero-order valence-electron chi connectivity index (χ0n) is 14.9. The van der Waals surface area contributed by atoms with E-state index in [4.69, 9.17) is 0 Å². The van der Waals surface area contributed by atoms with Crippen LogP contribution >= 0.6 is 0 Å². The molecule has 0 bridgehead atoms. The summed E-state index contributed by atoms with van der Waals surface area (Å²) >= 11 is 0. The second-order valence-corrected chi connectivity index (χ2v) is 6.82. The number of carbonyl (C=O) groups is 1. The van der Waals surface area contributed by atoms with Gasteiger partial charge >= 0.3 is 6.09 Å². The number of amides is 1. The number of rotatable bonds is 2. The van der Waals surface area contributed by atoms with Crippen LogP contribution in [0.5, 0.6) is 0 Å². The first-order chi connectivity index (χ1) is 12.5. The molecular weight excluding hydrogens is 326 g/mol. The lowest BCUT2D eigenvalue weighted by Gasteiger charge is -2.25. The van der Waals surface area contributed by atoms with Gasteiger partial charge < -0.3 is 14.6 Å². The van der Waals surface area contributed by atoms with Crippen LogP contribution in [0.4, 0.5) is 4.79 Å². The van der Waals surface area contributed by atoms with Gasteiger partial charge in [-0.2, -0.15) is 0 Å². The highest BCUT2D eigenvalue weighted by molar-refractivity contribution is 5.89. The lowest BCUT2D eigenvalue weighted by Crippen LogP contribution is -2.34. The molecule has 1 aliphatic rings. The molecule has 1 N–H and O–H groups in total. The van der Waals surface area contributed by atoms with Gasteiger partial charge in [0.25, 0.3) is 0 Å². The van der Waals surface area contributed by atoms with Crippen LogP contribution in [-0.2, 0) is 13.0 Å². The topological polar surface area (TPSA) is 58.4 Å². The smallest absolute Gasteiger partial charge is 0.407 e. The Morgan fingerprint density at radius 2 is 2.08 bits per heavy atom. The molecule has 0 atom stereocenters. The first kappa shape index (κ1) is 16.4. The molecule has 0 fully saturated rings. The molecule has 0 radical (unpaired) electrons. The average Bonchev–Trinajstić information content (AvgIpc) is 2.93. The summed E-state index contributed by atoms with van der Waals surface area (Å²) in [5, 5.41) is 10.5. The maximum atomic E-state index is 11.4. The van der Waals surface area contributed by atoms with Gasteiger partial charge in [-0.25, -0.2) is 4.79 Å². The molecule has 0 saturated heterocycles. The summed E-state index contributed by atoms with van der Waals surface area (Å²) in [4.78, 5) is 17.2. The quantitative estimate of drug-likeness (QED) is 0.751. The fraction of sp³-hybridized carbons (Fsp3) is 0.238. The second kappa shape index (κ2) is 6.33. The van der Waals surface area contributed by atoms with Gasteiger partial charge in [0, 0.05) is 47.7 Å². The summed E-state index contributed by atoms with van der Waals surface area (Å²) in [5.74, 6) is 0. The van der Waals surface area contributed by atoms with Crippen molar-refractivity contribution in [1.29, 1.82) is 0 Å². The fourth-order valence-electron chi connectivity index (χ4n) is 3.58. The van der Waals surface area contributed by atoms with Gasteiger partial charge in [-0.1, -0.05) is 17.7 Å². The van der Waals surface area contributed by atoms with E-state index in [2.05, 4.69) is 46.9 Å². The molecule has 5 nitrogen and oxygen atoms in total. The molecule has 3 heterocycles. The molecule has 5 heteroatoms. The van der Waals surface area contributed by atoms with E-state index in [0.717, 1.165) is 27.7 Å². The Labute approximate surface area is 152 Å². The van der Waals surface area contributed by atoms with Crippen LogP contribution in [0.1, 0.15) is 28.1 Å². The first-order valence-electron chi connectivity index (χ1n) is 8.74. The van der Waals surface area contributed by atoms with E-state index in [9.17, 15) is 9.90 Å². The Bertz CT molecular complexity index is 1020. The van der Waals surface area contributed by atoms with Crippen molar-refractivity contribution >= 4 is 29.3 Å². The maximum Gasteiger partial charge on any atom is 0.407 e. The normalized spacial score (nSPS) is 14.2. The minimum absolute atomic E-state index is 0.442. The SMILES string of the molecule is Cc1ccc2c(c1)c1c(n2C=Cc2ccc(C)nc2)CCN(C(=O)O)C1. The van der Waals surface area contributed by atoms with Crippen molar-refractivity contribution in [3.8, 4) is 0 Å². The Kier molecular flexibility index (Phi) is 3.99. The van der Waals surface area contributed by atoms with Gasteiger partial charge in [-0.05, 0) is 43.7 Å². The van der Waals surface area contributed by atoms with Crippen molar-refractivity contribution in [3.63, 3.8) is 0 Å². The van der Waals surface area contributed by atoms with Crippen molar-refractivity contribution in [3.05, 3.63) is 64.6 Å². The number of aryl methyl sites for hydroxylation is 2. The van der Waals surface area contributed by atoms with E-state index in [1.807, 2.05) is 25.3 Å². The number of fused-ring (bicyclic) bond motifs is 3. The Morgan fingerprint density at radius 1 is 1.23 bits per heavy atom. The summed E-state index contributed by atoms with van der Waals surface area (Å²) in [6, 6.07) is 10.4. The Hall–Kier alpha value is -3.08. The molecule has 1 aromatic carbocycles. The molecule has 4 rings (SSSR count). The van der Waals surface area contributed by atoms with Crippen LogP contribution in [-0.4, -0.2) is 32.2 Å². The van der Waals surface area contributed by atoms with Crippen LogP contribution in [0.15, 0.2) is 36.5 Å². The summed E-state index contributed by atoms with van der Waals surface area (Å²) < 4.78 is 2.20. The zero-order chi connectivity index (χ0) is 18.3. The maximum absolute atomic E-state index is 11.4. The summed E-state index contributed by atoms with van der Waals surface area (Å²) in [6.45, 7) is 5.00. The highest BCUT2D eigenvalue weighted by Gasteiger charge is 2.25. The van der Waals surface area contributed by atoms with Gasteiger partial charge in [-0.3, -0.25) is 4.98 Å². The van der Waals surface area contributed by atoms with Crippen LogP contribution in [0.25, 0.3) is 23.2 Å². The highest BCUT2D eigenvalue weighted by atomic mass is 16.4. The third kappa shape index (κ3) is 2.86. The van der Waals surface area contributed by atoms with E-state index in [1.54, 1.807) is 0 Å². The molecule has 0 unspecified atom stereocenters. The van der Waals surface area contributed by atoms with Gasteiger partial charge in [0.05, 0.1) is 12.1 Å². The molecule has 0 spiro atoms. The van der Waals surface area contributed by atoms with E-state index in [0.29, 0.717) is 19.5 Å². The van der Waals surface area contributed by atoms with Crippen molar-refractivity contribution in [2.45, 2.75) is 26.8 Å². The minimum atomic E-state index is -0.856. The molecule has 0 aliphatic carbocycles. The largest absolute Gasteiger partial charge is 0.465 e. The number of benzene rings is 1. The number of pyridine rings is 1. The number of hydrogen-bond donors (Lipinski definition) is 1. The Balaban J connectivity index is 1.82. The number of hydrogen-bond acceptors (Lipinski definition) is 2. The number of aromatic nitrogens is 2. The molecule has 132 valence electrons. The van der Waals surface area contributed by atoms with E-state index < -0.39 is 6.09 Å². The van der Waals surface area contributed by atoms with E-state index in [-0.39, 0.29) is 0 Å². The average molecular weight is 347 g/mol. The molecule has 26 heavy (non-hydrogen) atoms. The third-order valence-corrected chi connectivity index (χ3v) is 4.96. The van der Waals surface area contributed by atoms with Gasteiger partial charge in [0.1, 0.15) is 0 Å². The molecule has 0 saturated carbocycles. The third-order valence-electron chi connectivity index (χ3n) is 4.96. The molecule has 3 aromatic rings.